The van der Waals surface area contributed by atoms with Crippen LogP contribution in [0.15, 0.2) is 24.3 Å². The van der Waals surface area contributed by atoms with Crippen LogP contribution in [0.25, 0.3) is 5.69 Å². The van der Waals surface area contributed by atoms with Gasteiger partial charge in [0.1, 0.15) is 5.82 Å². The summed E-state index contributed by atoms with van der Waals surface area (Å²) in [4.78, 5) is 12.7. The summed E-state index contributed by atoms with van der Waals surface area (Å²) in [6.07, 6.45) is 5.93. The molecule has 128 valence electrons. The van der Waals surface area contributed by atoms with Crippen LogP contribution in [-0.4, -0.2) is 21.7 Å². The molecule has 1 atom stereocenters. The molecule has 1 aromatic heterocycles. The first-order valence-electron chi connectivity index (χ1n) is 8.77. The van der Waals surface area contributed by atoms with Gasteiger partial charge < -0.3 is 5.32 Å². The van der Waals surface area contributed by atoms with Gasteiger partial charge in [0.15, 0.2) is 5.69 Å². The van der Waals surface area contributed by atoms with E-state index in [-0.39, 0.29) is 17.8 Å². The molecule has 4 nitrogen and oxygen atoms in total. The van der Waals surface area contributed by atoms with Crippen LogP contribution in [0.2, 0.25) is 0 Å². The molecular formula is C19H24FN3O. The van der Waals surface area contributed by atoms with Crippen molar-refractivity contribution in [3.05, 3.63) is 47.0 Å². The van der Waals surface area contributed by atoms with Crippen LogP contribution in [0.5, 0.6) is 0 Å². The number of fused-ring (bicyclic) bond motifs is 1. The van der Waals surface area contributed by atoms with Gasteiger partial charge in [0, 0.05) is 17.3 Å². The zero-order valence-electron chi connectivity index (χ0n) is 14.3. The number of aromatic nitrogens is 2. The summed E-state index contributed by atoms with van der Waals surface area (Å²) in [5, 5.41) is 7.63. The highest BCUT2D eigenvalue weighted by Gasteiger charge is 2.26. The average Bonchev–Trinajstić information content (AvgIpc) is 2.95. The molecule has 1 N–H and O–H groups in total. The lowest BCUT2D eigenvalue weighted by molar-refractivity contribution is 0.0932. The SMILES string of the molecule is CCC[C@H](C)NC(=O)c1nn(-c2ccc(F)cc2)c2c1CCCC2. The van der Waals surface area contributed by atoms with Gasteiger partial charge in [-0.15, -0.1) is 0 Å². The summed E-state index contributed by atoms with van der Waals surface area (Å²) in [5.74, 6) is -0.374. The molecule has 0 saturated carbocycles. The molecule has 1 aromatic carbocycles. The number of benzene rings is 1. The lowest BCUT2D eigenvalue weighted by Gasteiger charge is -2.15. The van der Waals surface area contributed by atoms with Gasteiger partial charge in [0.2, 0.25) is 0 Å². The lowest BCUT2D eigenvalue weighted by Crippen LogP contribution is -2.33. The standard InChI is InChI=1S/C19H24FN3O/c1-3-6-13(2)21-19(24)18-16-7-4-5-8-17(16)23(22-18)15-11-9-14(20)10-12-15/h9-13H,3-8H2,1-2H3,(H,21,24)/t13-/m0/s1. The van der Waals surface area contributed by atoms with Gasteiger partial charge >= 0.3 is 0 Å². The maximum atomic E-state index is 13.2. The molecule has 0 saturated heterocycles. The zero-order chi connectivity index (χ0) is 17.1. The maximum absolute atomic E-state index is 13.2. The first-order valence-corrected chi connectivity index (χ1v) is 8.77. The number of nitrogens with one attached hydrogen (secondary N) is 1. The Kier molecular flexibility index (Phi) is 4.97. The Morgan fingerprint density at radius 1 is 1.29 bits per heavy atom. The van der Waals surface area contributed by atoms with Gasteiger partial charge in [-0.25, -0.2) is 9.07 Å². The molecule has 0 bridgehead atoms. The van der Waals surface area contributed by atoms with E-state index < -0.39 is 0 Å². The van der Waals surface area contributed by atoms with E-state index in [4.69, 9.17) is 0 Å². The van der Waals surface area contributed by atoms with Gasteiger partial charge in [-0.2, -0.15) is 5.10 Å². The molecule has 5 heteroatoms. The van der Waals surface area contributed by atoms with Crippen molar-refractivity contribution in [1.82, 2.24) is 15.1 Å². The highest BCUT2D eigenvalue weighted by molar-refractivity contribution is 5.94. The fourth-order valence-electron chi connectivity index (χ4n) is 3.37. The minimum absolute atomic E-state index is 0.102. The van der Waals surface area contributed by atoms with Gasteiger partial charge in [-0.05, 0) is 63.3 Å². The first kappa shape index (κ1) is 16.7. The van der Waals surface area contributed by atoms with Crippen LogP contribution in [-0.2, 0) is 12.8 Å². The Morgan fingerprint density at radius 3 is 2.71 bits per heavy atom. The van der Waals surface area contributed by atoms with Gasteiger partial charge in [0.25, 0.3) is 5.91 Å². The molecule has 1 aliphatic carbocycles. The van der Waals surface area contributed by atoms with Crippen molar-refractivity contribution < 1.29 is 9.18 Å². The highest BCUT2D eigenvalue weighted by Crippen LogP contribution is 2.27. The molecule has 0 aliphatic heterocycles. The van der Waals surface area contributed by atoms with E-state index in [0.717, 1.165) is 55.5 Å². The zero-order valence-corrected chi connectivity index (χ0v) is 14.3. The minimum atomic E-state index is -0.272. The van der Waals surface area contributed by atoms with E-state index >= 15 is 0 Å². The minimum Gasteiger partial charge on any atom is -0.348 e. The number of carbonyl (C=O) groups excluding carboxylic acids is 1. The quantitative estimate of drug-likeness (QED) is 0.907. The molecule has 3 rings (SSSR count). The van der Waals surface area contributed by atoms with E-state index in [2.05, 4.69) is 17.3 Å². The molecule has 0 radical (unpaired) electrons. The topological polar surface area (TPSA) is 46.9 Å². The number of nitrogens with zero attached hydrogens (tertiary/aromatic N) is 2. The van der Waals surface area contributed by atoms with Crippen LogP contribution in [0.1, 0.15) is 61.3 Å². The monoisotopic (exact) mass is 329 g/mol. The number of hydrogen-bond donors (Lipinski definition) is 1. The predicted octanol–water partition coefficient (Wildman–Crippen LogP) is 3.81. The van der Waals surface area contributed by atoms with Crippen LogP contribution >= 0.6 is 0 Å². The summed E-state index contributed by atoms with van der Waals surface area (Å²) in [6.45, 7) is 4.12. The van der Waals surface area contributed by atoms with Crippen LogP contribution in [0.3, 0.4) is 0 Å². The van der Waals surface area contributed by atoms with Crippen LogP contribution in [0, 0.1) is 5.82 Å². The summed E-state index contributed by atoms with van der Waals surface area (Å²) >= 11 is 0. The molecular weight excluding hydrogens is 305 g/mol. The molecule has 0 spiro atoms. The van der Waals surface area contributed by atoms with Gasteiger partial charge in [-0.1, -0.05) is 13.3 Å². The van der Waals surface area contributed by atoms with Crippen molar-refractivity contribution in [3.63, 3.8) is 0 Å². The lowest BCUT2D eigenvalue weighted by atomic mass is 9.95. The van der Waals surface area contributed by atoms with Crippen molar-refractivity contribution >= 4 is 5.91 Å². The first-order chi connectivity index (χ1) is 11.6. The van der Waals surface area contributed by atoms with Crippen molar-refractivity contribution in [2.75, 3.05) is 0 Å². The van der Waals surface area contributed by atoms with Crippen molar-refractivity contribution in [2.45, 2.75) is 58.4 Å². The van der Waals surface area contributed by atoms with Gasteiger partial charge in [0.05, 0.1) is 5.69 Å². The fourth-order valence-corrected chi connectivity index (χ4v) is 3.37. The van der Waals surface area contributed by atoms with E-state index in [0.29, 0.717) is 5.69 Å². The Bertz CT molecular complexity index is 721. The normalized spacial score (nSPS) is 15.0. The summed E-state index contributed by atoms with van der Waals surface area (Å²) < 4.78 is 15.0. The van der Waals surface area contributed by atoms with Crippen molar-refractivity contribution in [1.29, 1.82) is 0 Å². The van der Waals surface area contributed by atoms with E-state index in [9.17, 15) is 9.18 Å². The van der Waals surface area contributed by atoms with Crippen molar-refractivity contribution in [3.8, 4) is 5.69 Å². The highest BCUT2D eigenvalue weighted by atomic mass is 19.1. The number of hydrogen-bond acceptors (Lipinski definition) is 2. The number of halogens is 1. The predicted molar refractivity (Wildman–Crippen MR) is 92.0 cm³/mol. The second-order valence-electron chi connectivity index (χ2n) is 6.53. The third kappa shape index (κ3) is 3.35. The molecule has 0 fully saturated rings. The summed E-state index contributed by atoms with van der Waals surface area (Å²) in [7, 11) is 0. The number of rotatable bonds is 5. The average molecular weight is 329 g/mol. The molecule has 0 unspecified atom stereocenters. The number of amides is 1. The largest absolute Gasteiger partial charge is 0.348 e. The second-order valence-corrected chi connectivity index (χ2v) is 6.53. The summed E-state index contributed by atoms with van der Waals surface area (Å²) in [5.41, 5.74) is 3.46. The van der Waals surface area contributed by atoms with Crippen LogP contribution in [0.4, 0.5) is 4.39 Å². The third-order valence-electron chi connectivity index (χ3n) is 4.57. The smallest absolute Gasteiger partial charge is 0.272 e. The van der Waals surface area contributed by atoms with E-state index in [1.807, 2.05) is 11.6 Å². The maximum Gasteiger partial charge on any atom is 0.272 e. The molecule has 24 heavy (non-hydrogen) atoms. The molecule has 2 aromatic rings. The Balaban J connectivity index is 1.95. The molecule has 1 aliphatic rings. The number of carbonyl (C=O) groups is 1. The third-order valence-corrected chi connectivity index (χ3v) is 4.57. The Morgan fingerprint density at radius 2 is 2.00 bits per heavy atom. The van der Waals surface area contributed by atoms with E-state index in [1.54, 1.807) is 12.1 Å². The molecule has 1 heterocycles. The van der Waals surface area contributed by atoms with Crippen LogP contribution < -0.4 is 5.32 Å². The fraction of sp³-hybridized carbons (Fsp3) is 0.474. The summed E-state index contributed by atoms with van der Waals surface area (Å²) in [6, 6.07) is 6.40. The molecule has 1 amide bonds. The van der Waals surface area contributed by atoms with Gasteiger partial charge in [-0.3, -0.25) is 4.79 Å². The van der Waals surface area contributed by atoms with E-state index in [1.165, 1.54) is 12.1 Å². The Hall–Kier alpha value is -2.17. The van der Waals surface area contributed by atoms with Crippen molar-refractivity contribution in [2.24, 2.45) is 0 Å². The second kappa shape index (κ2) is 7.16. The Labute approximate surface area is 142 Å².